The van der Waals surface area contributed by atoms with E-state index in [1.165, 1.54) is 11.1 Å². The second-order valence-electron chi connectivity index (χ2n) is 7.69. The molecule has 1 fully saturated rings. The Kier molecular flexibility index (Phi) is 10.9. The van der Waals surface area contributed by atoms with Crippen LogP contribution in [0.4, 0.5) is 0 Å². The molecule has 1 aliphatic heterocycles. The van der Waals surface area contributed by atoms with Crippen LogP contribution in [0.2, 0.25) is 0 Å². The minimum atomic E-state index is 0. The molecule has 2 aromatic carbocycles. The maximum Gasteiger partial charge on any atom is 0.191 e. The molecule has 2 aromatic rings. The number of aliphatic imine (C=N–C) groups is 1. The molecule has 0 saturated carbocycles. The third-order valence-corrected chi connectivity index (χ3v) is 5.49. The molecule has 0 spiro atoms. The number of guanidine groups is 1. The highest BCUT2D eigenvalue weighted by atomic mass is 127. The van der Waals surface area contributed by atoms with Crippen molar-refractivity contribution in [3.05, 3.63) is 53.6 Å². The van der Waals surface area contributed by atoms with E-state index in [1.54, 1.807) is 21.3 Å². The molecule has 176 valence electrons. The van der Waals surface area contributed by atoms with Gasteiger partial charge >= 0.3 is 0 Å². The second kappa shape index (κ2) is 13.4. The highest BCUT2D eigenvalue weighted by molar-refractivity contribution is 14.0. The zero-order valence-electron chi connectivity index (χ0n) is 19.4. The van der Waals surface area contributed by atoms with Crippen molar-refractivity contribution in [2.45, 2.75) is 25.4 Å². The topological polar surface area (TPSA) is 67.4 Å². The van der Waals surface area contributed by atoms with Crippen molar-refractivity contribution >= 4 is 29.9 Å². The van der Waals surface area contributed by atoms with Crippen LogP contribution in [0, 0.1) is 0 Å². The zero-order valence-corrected chi connectivity index (χ0v) is 21.7. The molecule has 0 radical (unpaired) electrons. The molecule has 1 aliphatic rings. The summed E-state index contributed by atoms with van der Waals surface area (Å²) in [7, 11) is 6.87. The lowest BCUT2D eigenvalue weighted by atomic mass is 10.1. The minimum absolute atomic E-state index is 0. The first-order valence-corrected chi connectivity index (χ1v) is 10.7. The summed E-state index contributed by atoms with van der Waals surface area (Å²) in [4.78, 5) is 6.83. The summed E-state index contributed by atoms with van der Waals surface area (Å²) in [5.41, 5.74) is 2.43. The molecule has 1 unspecified atom stereocenters. The van der Waals surface area contributed by atoms with E-state index in [4.69, 9.17) is 14.2 Å². The first-order chi connectivity index (χ1) is 15.1. The number of methoxy groups -OCH3 is 3. The highest BCUT2D eigenvalue weighted by Crippen LogP contribution is 2.24. The van der Waals surface area contributed by atoms with E-state index in [1.807, 2.05) is 25.2 Å². The van der Waals surface area contributed by atoms with Gasteiger partial charge in [-0.25, -0.2) is 0 Å². The molecule has 0 aliphatic carbocycles. The van der Waals surface area contributed by atoms with Crippen LogP contribution >= 0.6 is 24.0 Å². The number of nitrogens with one attached hydrogen (secondary N) is 2. The lowest BCUT2D eigenvalue weighted by Crippen LogP contribution is -2.45. The lowest BCUT2D eigenvalue weighted by molar-refractivity contribution is 0.321. The number of nitrogens with zero attached hydrogens (tertiary/aromatic N) is 2. The fourth-order valence-corrected chi connectivity index (χ4v) is 3.85. The molecule has 0 amide bonds. The number of ether oxygens (including phenoxy) is 3. The Hall–Kier alpha value is -2.20. The van der Waals surface area contributed by atoms with Crippen LogP contribution in [0.3, 0.4) is 0 Å². The molecule has 1 atom stereocenters. The van der Waals surface area contributed by atoms with E-state index in [2.05, 4.69) is 44.8 Å². The molecule has 8 heteroatoms. The fraction of sp³-hybridized carbons (Fsp3) is 0.458. The van der Waals surface area contributed by atoms with E-state index in [9.17, 15) is 0 Å². The largest absolute Gasteiger partial charge is 0.497 e. The van der Waals surface area contributed by atoms with Gasteiger partial charge in [-0.2, -0.15) is 0 Å². The predicted molar refractivity (Wildman–Crippen MR) is 140 cm³/mol. The van der Waals surface area contributed by atoms with Gasteiger partial charge in [0.15, 0.2) is 5.96 Å². The van der Waals surface area contributed by atoms with Crippen molar-refractivity contribution in [1.82, 2.24) is 15.5 Å². The number of hydrogen-bond acceptors (Lipinski definition) is 5. The Morgan fingerprint density at radius 3 is 2.34 bits per heavy atom. The van der Waals surface area contributed by atoms with Gasteiger partial charge in [0.05, 0.1) is 21.3 Å². The first-order valence-electron chi connectivity index (χ1n) is 10.7. The van der Waals surface area contributed by atoms with Crippen molar-refractivity contribution in [1.29, 1.82) is 0 Å². The Morgan fingerprint density at radius 2 is 1.69 bits per heavy atom. The SMILES string of the molecule is CN=C(NCCc1cccc(OC)c1)NC1CCN(Cc2cc(OC)cc(OC)c2)C1.I. The van der Waals surface area contributed by atoms with Crippen molar-refractivity contribution in [3.8, 4) is 17.2 Å². The van der Waals surface area contributed by atoms with E-state index in [-0.39, 0.29) is 24.0 Å². The van der Waals surface area contributed by atoms with E-state index < -0.39 is 0 Å². The standard InChI is InChI=1S/C24H34N4O3.HI/c1-25-24(26-10-8-18-6-5-7-21(12-18)29-2)27-20-9-11-28(17-20)16-19-13-22(30-3)15-23(14-19)31-4;/h5-7,12-15,20H,8-11,16-17H2,1-4H3,(H2,25,26,27);1H. The number of rotatable bonds is 9. The molecular weight excluding hydrogens is 519 g/mol. The fourth-order valence-electron chi connectivity index (χ4n) is 3.85. The molecule has 7 nitrogen and oxygen atoms in total. The van der Waals surface area contributed by atoms with E-state index in [0.29, 0.717) is 6.04 Å². The lowest BCUT2D eigenvalue weighted by Gasteiger charge is -2.19. The molecule has 3 rings (SSSR count). The summed E-state index contributed by atoms with van der Waals surface area (Å²) in [6.07, 6.45) is 1.99. The maximum atomic E-state index is 5.39. The van der Waals surface area contributed by atoms with Crippen LogP contribution in [-0.2, 0) is 13.0 Å². The normalized spacial score (nSPS) is 16.2. The van der Waals surface area contributed by atoms with Gasteiger partial charge in [0.2, 0.25) is 0 Å². The van der Waals surface area contributed by atoms with Gasteiger partial charge < -0.3 is 24.8 Å². The Bertz CT molecular complexity index is 856. The summed E-state index contributed by atoms with van der Waals surface area (Å²) >= 11 is 0. The minimum Gasteiger partial charge on any atom is -0.497 e. The van der Waals surface area contributed by atoms with Crippen molar-refractivity contribution in [3.63, 3.8) is 0 Å². The summed E-state index contributed by atoms with van der Waals surface area (Å²) in [6, 6.07) is 14.6. The van der Waals surface area contributed by atoms with Gasteiger partial charge in [-0.1, -0.05) is 12.1 Å². The van der Waals surface area contributed by atoms with Gasteiger partial charge in [0.25, 0.3) is 0 Å². The highest BCUT2D eigenvalue weighted by Gasteiger charge is 2.23. The van der Waals surface area contributed by atoms with E-state index in [0.717, 1.165) is 62.2 Å². The van der Waals surface area contributed by atoms with Crippen molar-refractivity contribution in [2.75, 3.05) is 48.0 Å². The van der Waals surface area contributed by atoms with Gasteiger partial charge in [-0.15, -0.1) is 24.0 Å². The molecular formula is C24H35IN4O3. The van der Waals surface area contributed by atoms with Gasteiger partial charge in [-0.3, -0.25) is 9.89 Å². The van der Waals surface area contributed by atoms with E-state index >= 15 is 0 Å². The Balaban J connectivity index is 0.00000363. The van der Waals surface area contributed by atoms with Crippen LogP contribution in [0.25, 0.3) is 0 Å². The smallest absolute Gasteiger partial charge is 0.191 e. The summed E-state index contributed by atoms with van der Waals surface area (Å²) in [5, 5.41) is 6.98. The molecule has 1 saturated heterocycles. The Morgan fingerprint density at radius 1 is 1.00 bits per heavy atom. The molecule has 32 heavy (non-hydrogen) atoms. The number of likely N-dealkylation sites (tertiary alicyclic amines) is 1. The quantitative estimate of drug-likeness (QED) is 0.282. The third-order valence-electron chi connectivity index (χ3n) is 5.49. The first kappa shape index (κ1) is 26.1. The van der Waals surface area contributed by atoms with Crippen molar-refractivity contribution in [2.24, 2.45) is 4.99 Å². The van der Waals surface area contributed by atoms with Gasteiger partial charge in [0, 0.05) is 45.3 Å². The average molecular weight is 554 g/mol. The zero-order chi connectivity index (χ0) is 22.1. The van der Waals surface area contributed by atoms with Gasteiger partial charge in [-0.05, 0) is 48.2 Å². The molecule has 1 heterocycles. The number of hydrogen-bond donors (Lipinski definition) is 2. The van der Waals surface area contributed by atoms with Crippen LogP contribution < -0.4 is 24.8 Å². The van der Waals surface area contributed by atoms with Gasteiger partial charge in [0.1, 0.15) is 17.2 Å². The molecule has 2 N–H and O–H groups in total. The second-order valence-corrected chi connectivity index (χ2v) is 7.69. The summed E-state index contributed by atoms with van der Waals surface area (Å²) in [5.74, 6) is 3.38. The average Bonchev–Trinajstić information content (AvgIpc) is 3.24. The van der Waals surface area contributed by atoms with Crippen LogP contribution in [0.15, 0.2) is 47.5 Å². The summed E-state index contributed by atoms with van der Waals surface area (Å²) in [6.45, 7) is 3.69. The molecule has 0 aromatic heterocycles. The molecule has 0 bridgehead atoms. The van der Waals surface area contributed by atoms with Crippen molar-refractivity contribution < 1.29 is 14.2 Å². The maximum absolute atomic E-state index is 5.39. The monoisotopic (exact) mass is 554 g/mol. The number of halogens is 1. The summed E-state index contributed by atoms with van der Waals surface area (Å²) < 4.78 is 16.1. The Labute approximate surface area is 208 Å². The predicted octanol–water partition coefficient (Wildman–Crippen LogP) is 3.31. The van der Waals surface area contributed by atoms with Crippen LogP contribution in [0.5, 0.6) is 17.2 Å². The third kappa shape index (κ3) is 7.74. The number of benzene rings is 2. The van der Waals surface area contributed by atoms with Crippen LogP contribution in [-0.4, -0.2) is 64.9 Å². The van der Waals surface area contributed by atoms with Crippen LogP contribution in [0.1, 0.15) is 17.5 Å².